The van der Waals surface area contributed by atoms with E-state index in [-0.39, 0.29) is 23.7 Å². The van der Waals surface area contributed by atoms with E-state index in [1.807, 2.05) is 11.0 Å². The largest absolute Gasteiger partial charge is 0.504 e. The second kappa shape index (κ2) is 4.54. The average Bonchev–Trinajstić information content (AvgIpc) is 3.36. The number of para-hydroxylation sites is 1. The van der Waals surface area contributed by atoms with Gasteiger partial charge in [0.2, 0.25) is 0 Å². The van der Waals surface area contributed by atoms with Gasteiger partial charge in [-0.2, -0.15) is 0 Å². The number of fused-ring (bicyclic) bond motifs is 2. The molecule has 6 heteroatoms. The van der Waals surface area contributed by atoms with Crippen molar-refractivity contribution in [3.63, 3.8) is 0 Å². The van der Waals surface area contributed by atoms with Crippen molar-refractivity contribution in [3.05, 3.63) is 23.8 Å². The van der Waals surface area contributed by atoms with E-state index in [9.17, 15) is 9.90 Å². The molecule has 4 aliphatic rings. The van der Waals surface area contributed by atoms with Crippen LogP contribution in [0.4, 0.5) is 4.79 Å². The molecule has 122 valence electrons. The van der Waals surface area contributed by atoms with Crippen molar-refractivity contribution in [2.75, 3.05) is 19.8 Å². The lowest BCUT2D eigenvalue weighted by atomic mass is 9.76. The zero-order chi connectivity index (χ0) is 15.6. The number of urea groups is 1. The van der Waals surface area contributed by atoms with Gasteiger partial charge in [-0.05, 0) is 24.8 Å². The molecule has 0 radical (unpaired) electrons. The van der Waals surface area contributed by atoms with E-state index in [4.69, 9.17) is 9.47 Å². The van der Waals surface area contributed by atoms with Crippen LogP contribution in [-0.4, -0.2) is 41.5 Å². The molecule has 1 aromatic carbocycles. The maximum absolute atomic E-state index is 12.7. The molecule has 3 atom stereocenters. The van der Waals surface area contributed by atoms with Crippen molar-refractivity contribution >= 4 is 6.03 Å². The lowest BCUT2D eigenvalue weighted by molar-refractivity contribution is -0.199. The van der Waals surface area contributed by atoms with Crippen LogP contribution in [0.25, 0.3) is 0 Å². The topological polar surface area (TPSA) is 71.0 Å². The maximum atomic E-state index is 12.7. The third kappa shape index (κ3) is 1.81. The molecule has 3 aliphatic heterocycles. The van der Waals surface area contributed by atoms with Crippen molar-refractivity contribution in [1.82, 2.24) is 10.2 Å². The van der Waals surface area contributed by atoms with Crippen molar-refractivity contribution in [1.29, 1.82) is 0 Å². The molecule has 3 fully saturated rings. The first-order chi connectivity index (χ1) is 11.2. The zero-order valence-electron chi connectivity index (χ0n) is 12.8. The van der Waals surface area contributed by atoms with Gasteiger partial charge in [-0.15, -0.1) is 0 Å². The van der Waals surface area contributed by atoms with Crippen LogP contribution in [-0.2, 0) is 4.74 Å². The molecule has 0 aromatic heterocycles. The van der Waals surface area contributed by atoms with Crippen LogP contribution in [0.5, 0.6) is 11.5 Å². The number of nitrogens with one attached hydrogen (secondary N) is 1. The predicted octanol–water partition coefficient (Wildman–Crippen LogP) is 1.99. The van der Waals surface area contributed by atoms with E-state index in [2.05, 4.69) is 5.32 Å². The summed E-state index contributed by atoms with van der Waals surface area (Å²) in [6.45, 7) is 1.85. The summed E-state index contributed by atoms with van der Waals surface area (Å²) in [6, 6.07) is 5.10. The predicted molar refractivity (Wildman–Crippen MR) is 81.1 cm³/mol. The van der Waals surface area contributed by atoms with Gasteiger partial charge in [-0.3, -0.25) is 4.90 Å². The monoisotopic (exact) mass is 316 g/mol. The Bertz CT molecular complexity index is 675. The average molecular weight is 316 g/mol. The summed E-state index contributed by atoms with van der Waals surface area (Å²) in [5.41, 5.74) is 0.148. The Morgan fingerprint density at radius 1 is 1.39 bits per heavy atom. The summed E-state index contributed by atoms with van der Waals surface area (Å²) < 4.78 is 12.1. The summed E-state index contributed by atoms with van der Waals surface area (Å²) in [6.07, 6.45) is 2.99. The van der Waals surface area contributed by atoms with Gasteiger partial charge in [0, 0.05) is 18.5 Å². The first-order valence-corrected chi connectivity index (χ1v) is 8.36. The summed E-state index contributed by atoms with van der Waals surface area (Å²) >= 11 is 0. The van der Waals surface area contributed by atoms with Crippen molar-refractivity contribution in [2.45, 2.75) is 31.0 Å². The molecule has 2 saturated heterocycles. The minimum Gasteiger partial charge on any atom is -0.504 e. The molecule has 6 nitrogen and oxygen atoms in total. The number of hydrogen-bond acceptors (Lipinski definition) is 4. The molecule has 1 saturated carbocycles. The standard InChI is InChI=1S/C17H20N2O4/c20-13-3-1-2-11-14-12-9-22-7-6-17(12,23-15(11)13)19(16(21)18-14)8-10-4-5-10/h1-3,10,12,14,20H,4-9H2,(H,18,21). The third-order valence-electron chi connectivity index (χ3n) is 5.64. The van der Waals surface area contributed by atoms with Gasteiger partial charge in [0.15, 0.2) is 17.2 Å². The number of carbonyl (C=O) groups is 1. The number of carbonyl (C=O) groups excluding carboxylic acids is 1. The van der Waals surface area contributed by atoms with Crippen LogP contribution in [0.1, 0.15) is 30.9 Å². The van der Waals surface area contributed by atoms with E-state index < -0.39 is 5.72 Å². The minimum atomic E-state index is -0.695. The van der Waals surface area contributed by atoms with E-state index in [0.717, 1.165) is 12.1 Å². The second-order valence-electron chi connectivity index (χ2n) is 7.05. The molecule has 3 unspecified atom stereocenters. The van der Waals surface area contributed by atoms with Gasteiger partial charge in [0.05, 0.1) is 25.2 Å². The molecule has 2 N–H and O–H groups in total. The maximum Gasteiger partial charge on any atom is 0.321 e. The van der Waals surface area contributed by atoms with Crippen LogP contribution < -0.4 is 10.1 Å². The summed E-state index contributed by atoms with van der Waals surface area (Å²) in [5, 5.41) is 13.4. The number of nitrogens with zero attached hydrogens (tertiary/aromatic N) is 1. The fourth-order valence-corrected chi connectivity index (χ4v) is 4.27. The van der Waals surface area contributed by atoms with E-state index in [0.29, 0.717) is 31.3 Å². The summed E-state index contributed by atoms with van der Waals surface area (Å²) in [7, 11) is 0. The van der Waals surface area contributed by atoms with Crippen LogP contribution in [0.15, 0.2) is 18.2 Å². The number of aromatic hydroxyl groups is 1. The second-order valence-corrected chi connectivity index (χ2v) is 7.05. The Morgan fingerprint density at radius 3 is 3.09 bits per heavy atom. The number of benzene rings is 1. The van der Waals surface area contributed by atoms with E-state index in [1.165, 1.54) is 12.8 Å². The lowest BCUT2D eigenvalue weighted by Crippen LogP contribution is -2.73. The van der Waals surface area contributed by atoms with Gasteiger partial charge >= 0.3 is 6.03 Å². The number of phenols is 1. The Balaban J connectivity index is 1.65. The highest BCUT2D eigenvalue weighted by Gasteiger charge is 2.61. The molecule has 5 rings (SSSR count). The number of phenolic OH excluding ortho intramolecular Hbond substituents is 1. The highest BCUT2D eigenvalue weighted by Crippen LogP contribution is 2.54. The Hall–Kier alpha value is -1.95. The Morgan fingerprint density at radius 2 is 2.26 bits per heavy atom. The molecule has 3 heterocycles. The van der Waals surface area contributed by atoms with E-state index >= 15 is 0 Å². The molecule has 0 spiro atoms. The summed E-state index contributed by atoms with van der Waals surface area (Å²) in [4.78, 5) is 14.6. The smallest absolute Gasteiger partial charge is 0.321 e. The fraction of sp³-hybridized carbons (Fsp3) is 0.588. The van der Waals surface area contributed by atoms with Gasteiger partial charge in [-0.1, -0.05) is 12.1 Å². The van der Waals surface area contributed by atoms with Gasteiger partial charge in [0.1, 0.15) is 0 Å². The van der Waals surface area contributed by atoms with Crippen LogP contribution in [0.2, 0.25) is 0 Å². The first kappa shape index (κ1) is 13.5. The number of amides is 2. The molecule has 23 heavy (non-hydrogen) atoms. The lowest BCUT2D eigenvalue weighted by Gasteiger charge is -2.58. The van der Waals surface area contributed by atoms with Gasteiger partial charge in [-0.25, -0.2) is 4.79 Å². The highest BCUT2D eigenvalue weighted by molar-refractivity contribution is 5.78. The minimum absolute atomic E-state index is 0.0435. The zero-order valence-corrected chi connectivity index (χ0v) is 12.8. The van der Waals surface area contributed by atoms with Crippen molar-refractivity contribution in [3.8, 4) is 11.5 Å². The number of ether oxygens (including phenoxy) is 2. The molecule has 1 aliphatic carbocycles. The quantitative estimate of drug-likeness (QED) is 0.875. The van der Waals surface area contributed by atoms with E-state index in [1.54, 1.807) is 12.1 Å². The van der Waals surface area contributed by atoms with Gasteiger partial charge < -0.3 is 19.9 Å². The molecular formula is C17H20N2O4. The molecule has 1 aromatic rings. The van der Waals surface area contributed by atoms with Gasteiger partial charge in [0.25, 0.3) is 0 Å². The van der Waals surface area contributed by atoms with Crippen molar-refractivity contribution in [2.24, 2.45) is 11.8 Å². The SMILES string of the molecule is O=C1NC2c3cccc(O)c3OC3(CCOCC23)N1CC1CC1. The highest BCUT2D eigenvalue weighted by atomic mass is 16.5. The Kier molecular flexibility index (Phi) is 2.66. The van der Waals surface area contributed by atoms with Crippen LogP contribution >= 0.6 is 0 Å². The number of hydrogen-bond donors (Lipinski definition) is 2. The normalized spacial score (nSPS) is 35.0. The molecule has 2 amide bonds. The Labute approximate surface area is 134 Å². The fourth-order valence-electron chi connectivity index (χ4n) is 4.27. The van der Waals surface area contributed by atoms with Crippen molar-refractivity contribution < 1.29 is 19.4 Å². The van der Waals surface area contributed by atoms with Crippen LogP contribution in [0.3, 0.4) is 0 Å². The summed E-state index contributed by atoms with van der Waals surface area (Å²) in [5.74, 6) is 1.27. The first-order valence-electron chi connectivity index (χ1n) is 8.36. The molecule has 2 bridgehead atoms. The van der Waals surface area contributed by atoms with Crippen LogP contribution in [0, 0.1) is 11.8 Å². The number of rotatable bonds is 2. The molecular weight excluding hydrogens is 296 g/mol. The third-order valence-corrected chi connectivity index (χ3v) is 5.64.